The number of nitrogens with zero attached hydrogens (tertiary/aromatic N) is 3. The summed E-state index contributed by atoms with van der Waals surface area (Å²) < 4.78 is 60.5. The van der Waals surface area contributed by atoms with Crippen LogP contribution in [-0.4, -0.2) is 29.0 Å². The third-order valence-electron chi connectivity index (χ3n) is 4.39. The SMILES string of the molecule is [2H]C([2H])([2H])N(C(=O)c1cccc(-n2nc(C)c(Cl)c2C)c1)c1ccc2c(c1)OC(F)(F)O2. The maximum Gasteiger partial charge on any atom is 0.586 e. The van der Waals surface area contributed by atoms with E-state index in [0.29, 0.717) is 27.0 Å². The van der Waals surface area contributed by atoms with E-state index in [1.54, 1.807) is 26.0 Å². The standard InChI is InChI=1S/C20H16ClF2N3O3/c1-11-18(21)12(2)26(24-11)15-6-4-5-13(9-15)19(27)25(3)14-7-8-16-17(10-14)29-20(22,23)28-16/h4-10H,1-3H3/i3D3. The Balaban J connectivity index is 1.74. The lowest BCUT2D eigenvalue weighted by atomic mass is 10.1. The van der Waals surface area contributed by atoms with Crippen LogP contribution in [0.5, 0.6) is 11.5 Å². The number of ether oxygens (including phenoxy) is 2. The Morgan fingerprint density at radius 2 is 1.97 bits per heavy atom. The largest absolute Gasteiger partial charge is 0.586 e. The number of benzene rings is 2. The van der Waals surface area contributed by atoms with Gasteiger partial charge in [0, 0.05) is 28.4 Å². The predicted molar refractivity (Wildman–Crippen MR) is 103 cm³/mol. The molecule has 3 aromatic rings. The van der Waals surface area contributed by atoms with Gasteiger partial charge in [-0.1, -0.05) is 17.7 Å². The molecule has 1 amide bonds. The van der Waals surface area contributed by atoms with Crippen LogP contribution in [0.3, 0.4) is 0 Å². The Kier molecular flexibility index (Phi) is 3.66. The quantitative estimate of drug-likeness (QED) is 0.611. The van der Waals surface area contributed by atoms with Crippen molar-refractivity contribution in [1.29, 1.82) is 0 Å². The fraction of sp³-hybridized carbons (Fsp3) is 0.200. The monoisotopic (exact) mass is 422 g/mol. The van der Waals surface area contributed by atoms with Crippen molar-refractivity contribution in [2.75, 3.05) is 11.9 Å². The van der Waals surface area contributed by atoms with Crippen molar-refractivity contribution in [2.45, 2.75) is 20.1 Å². The van der Waals surface area contributed by atoms with Gasteiger partial charge in [-0.3, -0.25) is 4.79 Å². The molecule has 29 heavy (non-hydrogen) atoms. The zero-order valence-corrected chi connectivity index (χ0v) is 16.0. The van der Waals surface area contributed by atoms with Crippen LogP contribution in [0.25, 0.3) is 5.69 Å². The van der Waals surface area contributed by atoms with Gasteiger partial charge in [0.15, 0.2) is 11.5 Å². The summed E-state index contributed by atoms with van der Waals surface area (Å²) in [6.07, 6.45) is -3.87. The van der Waals surface area contributed by atoms with Crippen LogP contribution in [0.2, 0.25) is 5.02 Å². The molecular formula is C20H16ClF2N3O3. The Morgan fingerprint density at radius 1 is 1.21 bits per heavy atom. The van der Waals surface area contributed by atoms with Crippen LogP contribution in [0.4, 0.5) is 14.5 Å². The first-order chi connectivity index (χ1) is 14.9. The summed E-state index contributed by atoms with van der Waals surface area (Å²) in [4.78, 5) is 13.8. The van der Waals surface area contributed by atoms with E-state index in [9.17, 15) is 13.6 Å². The van der Waals surface area contributed by atoms with Crippen molar-refractivity contribution in [3.05, 3.63) is 64.4 Å². The zero-order valence-electron chi connectivity index (χ0n) is 18.2. The lowest BCUT2D eigenvalue weighted by Crippen LogP contribution is -2.26. The van der Waals surface area contributed by atoms with E-state index in [-0.39, 0.29) is 22.7 Å². The van der Waals surface area contributed by atoms with Crippen molar-refractivity contribution < 1.29 is 27.2 Å². The molecule has 1 aliphatic heterocycles. The number of carbonyl (C=O) groups is 1. The molecule has 1 aromatic heterocycles. The molecule has 2 heterocycles. The average Bonchev–Trinajstić information content (AvgIpc) is 3.15. The van der Waals surface area contributed by atoms with Crippen molar-refractivity contribution >= 4 is 23.2 Å². The second-order valence-electron chi connectivity index (χ2n) is 6.39. The van der Waals surface area contributed by atoms with Crippen molar-refractivity contribution in [1.82, 2.24) is 9.78 Å². The van der Waals surface area contributed by atoms with E-state index in [1.807, 2.05) is 0 Å². The highest BCUT2D eigenvalue weighted by Gasteiger charge is 2.43. The Bertz CT molecular complexity index is 1230. The molecule has 6 nitrogen and oxygen atoms in total. The first-order valence-corrected chi connectivity index (χ1v) is 8.82. The van der Waals surface area contributed by atoms with Crippen LogP contribution in [-0.2, 0) is 0 Å². The summed E-state index contributed by atoms with van der Waals surface area (Å²) in [7, 11) is 0. The maximum atomic E-state index is 13.3. The molecule has 1 aliphatic rings. The van der Waals surface area contributed by atoms with Gasteiger partial charge in [-0.05, 0) is 44.2 Å². The van der Waals surface area contributed by atoms with Gasteiger partial charge in [0.05, 0.1) is 22.1 Å². The lowest BCUT2D eigenvalue weighted by molar-refractivity contribution is -0.286. The van der Waals surface area contributed by atoms with Crippen LogP contribution >= 0.6 is 11.6 Å². The zero-order chi connectivity index (χ0) is 23.4. The molecule has 150 valence electrons. The van der Waals surface area contributed by atoms with E-state index in [4.69, 9.17) is 15.7 Å². The number of fused-ring (bicyclic) bond motifs is 1. The number of rotatable bonds is 3. The second kappa shape index (κ2) is 6.73. The molecule has 4 rings (SSSR count). The number of aryl methyl sites for hydroxylation is 1. The van der Waals surface area contributed by atoms with Crippen molar-refractivity contribution in [2.24, 2.45) is 0 Å². The van der Waals surface area contributed by atoms with E-state index in [1.165, 1.54) is 22.9 Å². The van der Waals surface area contributed by atoms with E-state index >= 15 is 0 Å². The molecular weight excluding hydrogens is 404 g/mol. The summed E-state index contributed by atoms with van der Waals surface area (Å²) in [6.45, 7) is 0.582. The van der Waals surface area contributed by atoms with Gasteiger partial charge < -0.3 is 14.4 Å². The second-order valence-corrected chi connectivity index (χ2v) is 6.76. The molecule has 0 aliphatic carbocycles. The van der Waals surface area contributed by atoms with Crippen LogP contribution < -0.4 is 14.4 Å². The van der Waals surface area contributed by atoms with Gasteiger partial charge in [0.2, 0.25) is 0 Å². The first-order valence-electron chi connectivity index (χ1n) is 9.94. The fourth-order valence-electron chi connectivity index (χ4n) is 2.97. The minimum Gasteiger partial charge on any atom is -0.395 e. The topological polar surface area (TPSA) is 56.6 Å². The predicted octanol–water partition coefficient (Wildman–Crippen LogP) is 4.74. The maximum absolute atomic E-state index is 13.3. The number of halogens is 3. The highest BCUT2D eigenvalue weighted by Crippen LogP contribution is 2.42. The number of hydrogen-bond acceptors (Lipinski definition) is 4. The number of aromatic nitrogens is 2. The molecule has 0 atom stereocenters. The minimum atomic E-state index is -3.87. The highest BCUT2D eigenvalue weighted by molar-refractivity contribution is 6.31. The molecule has 0 spiro atoms. The Morgan fingerprint density at radius 3 is 2.66 bits per heavy atom. The van der Waals surface area contributed by atoms with Gasteiger partial charge >= 0.3 is 6.29 Å². The van der Waals surface area contributed by atoms with Gasteiger partial charge in [-0.25, -0.2) is 4.68 Å². The molecule has 0 unspecified atom stereocenters. The van der Waals surface area contributed by atoms with E-state index in [0.717, 1.165) is 12.1 Å². The Labute approximate surface area is 174 Å². The number of hydrogen-bond donors (Lipinski definition) is 0. The van der Waals surface area contributed by atoms with E-state index < -0.39 is 19.2 Å². The lowest BCUT2D eigenvalue weighted by Gasteiger charge is -2.18. The smallest absolute Gasteiger partial charge is 0.395 e. The summed E-state index contributed by atoms with van der Waals surface area (Å²) in [5.74, 6) is -1.51. The molecule has 0 saturated carbocycles. The van der Waals surface area contributed by atoms with Crippen molar-refractivity contribution in [3.8, 4) is 17.2 Å². The summed E-state index contributed by atoms with van der Waals surface area (Å²) in [5.41, 5.74) is 1.64. The Hall–Kier alpha value is -3.13. The third-order valence-corrected chi connectivity index (χ3v) is 4.93. The fourth-order valence-corrected chi connectivity index (χ4v) is 3.09. The molecule has 0 bridgehead atoms. The first kappa shape index (κ1) is 15.8. The highest BCUT2D eigenvalue weighted by atomic mass is 35.5. The summed E-state index contributed by atoms with van der Waals surface area (Å²) in [6, 6.07) is 9.51. The van der Waals surface area contributed by atoms with Gasteiger partial charge in [0.25, 0.3) is 5.91 Å². The van der Waals surface area contributed by atoms with Crippen LogP contribution in [0, 0.1) is 13.8 Å². The van der Waals surface area contributed by atoms with Crippen molar-refractivity contribution in [3.63, 3.8) is 0 Å². The number of alkyl halides is 2. The number of carbonyl (C=O) groups excluding carboxylic acids is 1. The molecule has 2 aromatic carbocycles. The molecule has 0 N–H and O–H groups in total. The molecule has 9 heteroatoms. The number of anilines is 1. The van der Waals surface area contributed by atoms with Gasteiger partial charge in [0.1, 0.15) is 0 Å². The number of amides is 1. The third kappa shape index (κ3) is 3.40. The normalized spacial score (nSPS) is 16.1. The average molecular weight is 423 g/mol. The molecule has 0 fully saturated rings. The molecule has 0 radical (unpaired) electrons. The van der Waals surface area contributed by atoms with Crippen LogP contribution in [0.1, 0.15) is 25.9 Å². The minimum absolute atomic E-state index is 0.0466. The van der Waals surface area contributed by atoms with E-state index in [2.05, 4.69) is 14.6 Å². The van der Waals surface area contributed by atoms with Gasteiger partial charge in [-0.15, -0.1) is 8.78 Å². The molecule has 0 saturated heterocycles. The summed E-state index contributed by atoms with van der Waals surface area (Å²) >= 11 is 6.20. The van der Waals surface area contributed by atoms with Gasteiger partial charge in [-0.2, -0.15) is 5.10 Å². The summed E-state index contributed by atoms with van der Waals surface area (Å²) in [5, 5.41) is 4.81. The van der Waals surface area contributed by atoms with Crippen LogP contribution in [0.15, 0.2) is 42.5 Å².